The van der Waals surface area contributed by atoms with E-state index in [-0.39, 0.29) is 23.2 Å². The normalized spacial score (nSPS) is 15.4. The topological polar surface area (TPSA) is 64.0 Å². The molecule has 5 rings (SSSR count). The van der Waals surface area contributed by atoms with E-state index in [1.54, 1.807) is 12.1 Å². The molecule has 4 aromatic rings. The summed E-state index contributed by atoms with van der Waals surface area (Å²) in [5, 5.41) is 8.77. The fraction of sp³-hybridized carbons (Fsp3) is 0.192. The van der Waals surface area contributed by atoms with Gasteiger partial charge in [0, 0.05) is 5.39 Å². The molecule has 0 bridgehead atoms. The lowest BCUT2D eigenvalue weighted by Crippen LogP contribution is -2.34. The summed E-state index contributed by atoms with van der Waals surface area (Å²) in [6, 6.07) is 25.1. The summed E-state index contributed by atoms with van der Waals surface area (Å²) < 4.78 is 1.39. The second-order valence-corrected chi connectivity index (χ2v) is 7.96. The van der Waals surface area contributed by atoms with Crippen LogP contribution in [0.2, 0.25) is 0 Å². The van der Waals surface area contributed by atoms with Crippen molar-refractivity contribution in [2.45, 2.75) is 31.8 Å². The third kappa shape index (κ3) is 3.75. The van der Waals surface area contributed by atoms with Gasteiger partial charge in [0.05, 0.1) is 18.0 Å². The van der Waals surface area contributed by atoms with Gasteiger partial charge >= 0.3 is 0 Å². The summed E-state index contributed by atoms with van der Waals surface area (Å²) in [6.45, 7) is 0.317. The van der Waals surface area contributed by atoms with Gasteiger partial charge in [0.25, 0.3) is 11.5 Å². The van der Waals surface area contributed by atoms with Crippen LogP contribution in [0.4, 0.5) is 0 Å². The van der Waals surface area contributed by atoms with Gasteiger partial charge in [-0.05, 0) is 42.0 Å². The molecule has 1 N–H and O–H groups in total. The number of carbonyl (C=O) groups excluding carboxylic acids is 1. The Labute approximate surface area is 180 Å². The second kappa shape index (κ2) is 8.19. The summed E-state index contributed by atoms with van der Waals surface area (Å²) in [6.07, 6.45) is 2.96. The number of carbonyl (C=O) groups is 1. The number of nitrogens with zero attached hydrogens (tertiary/aromatic N) is 2. The zero-order chi connectivity index (χ0) is 21.2. The first-order valence-corrected chi connectivity index (χ1v) is 10.6. The van der Waals surface area contributed by atoms with Gasteiger partial charge in [-0.25, -0.2) is 4.68 Å². The number of nitrogens with one attached hydrogen (secondary N) is 1. The van der Waals surface area contributed by atoms with E-state index in [0.29, 0.717) is 17.3 Å². The van der Waals surface area contributed by atoms with E-state index in [0.717, 1.165) is 24.8 Å². The molecule has 1 aliphatic carbocycles. The van der Waals surface area contributed by atoms with Crippen LogP contribution in [0.5, 0.6) is 0 Å². The number of fused-ring (bicyclic) bond motifs is 2. The van der Waals surface area contributed by atoms with Crippen LogP contribution >= 0.6 is 0 Å². The SMILES string of the molecule is O=C(N[C@H]1CCCc2ccccc21)c1nn(Cc2ccccc2)c(=O)c2ccccc12. The quantitative estimate of drug-likeness (QED) is 0.548. The molecule has 0 fully saturated rings. The minimum absolute atomic E-state index is 0.0486. The molecule has 5 heteroatoms. The Balaban J connectivity index is 1.54. The summed E-state index contributed by atoms with van der Waals surface area (Å²) >= 11 is 0. The van der Waals surface area contributed by atoms with E-state index in [4.69, 9.17) is 0 Å². The Morgan fingerprint density at radius 3 is 2.48 bits per heavy atom. The zero-order valence-corrected chi connectivity index (χ0v) is 17.1. The highest BCUT2D eigenvalue weighted by molar-refractivity contribution is 6.04. The van der Waals surface area contributed by atoms with Crippen molar-refractivity contribution < 1.29 is 4.79 Å². The number of rotatable bonds is 4. The summed E-state index contributed by atoms with van der Waals surface area (Å²) in [5.41, 5.74) is 3.50. The third-order valence-corrected chi connectivity index (χ3v) is 5.93. The summed E-state index contributed by atoms with van der Waals surface area (Å²) in [7, 11) is 0. The minimum Gasteiger partial charge on any atom is -0.344 e. The van der Waals surface area contributed by atoms with Gasteiger partial charge in [-0.3, -0.25) is 9.59 Å². The van der Waals surface area contributed by atoms with Crippen molar-refractivity contribution in [1.82, 2.24) is 15.1 Å². The molecule has 0 saturated heterocycles. The van der Waals surface area contributed by atoms with Crippen molar-refractivity contribution in [3.63, 3.8) is 0 Å². The van der Waals surface area contributed by atoms with E-state index in [1.165, 1.54) is 15.8 Å². The van der Waals surface area contributed by atoms with Crippen molar-refractivity contribution in [2.24, 2.45) is 0 Å². The van der Waals surface area contributed by atoms with Gasteiger partial charge in [-0.15, -0.1) is 0 Å². The van der Waals surface area contributed by atoms with Gasteiger partial charge in [-0.2, -0.15) is 5.10 Å². The fourth-order valence-corrected chi connectivity index (χ4v) is 4.40. The maximum Gasteiger partial charge on any atom is 0.274 e. The Morgan fingerprint density at radius 1 is 0.935 bits per heavy atom. The predicted molar refractivity (Wildman–Crippen MR) is 121 cm³/mol. The summed E-state index contributed by atoms with van der Waals surface area (Å²) in [5.74, 6) is -0.250. The standard InChI is InChI=1S/C26H23N3O2/c30-25(27-23-16-8-12-19-11-4-5-13-20(19)23)24-21-14-6-7-15-22(21)26(31)29(28-24)17-18-9-2-1-3-10-18/h1-7,9-11,13-15,23H,8,12,16-17H2,(H,27,30)/t23-/m0/s1. The van der Waals surface area contributed by atoms with Crippen LogP contribution < -0.4 is 10.9 Å². The maximum atomic E-state index is 13.4. The monoisotopic (exact) mass is 409 g/mol. The smallest absolute Gasteiger partial charge is 0.274 e. The van der Waals surface area contributed by atoms with E-state index in [1.807, 2.05) is 54.6 Å². The van der Waals surface area contributed by atoms with Crippen LogP contribution in [0.1, 0.15) is 46.1 Å². The molecule has 1 aliphatic rings. The fourth-order valence-electron chi connectivity index (χ4n) is 4.40. The molecular weight excluding hydrogens is 386 g/mol. The Hall–Kier alpha value is -3.73. The summed E-state index contributed by atoms with van der Waals surface area (Å²) in [4.78, 5) is 26.4. The van der Waals surface area contributed by atoms with Crippen molar-refractivity contribution in [3.05, 3.63) is 112 Å². The maximum absolute atomic E-state index is 13.4. The van der Waals surface area contributed by atoms with Crippen LogP contribution in [0.3, 0.4) is 0 Å². The van der Waals surface area contributed by atoms with Gasteiger partial charge in [0.15, 0.2) is 5.69 Å². The molecule has 1 atom stereocenters. The Morgan fingerprint density at radius 2 is 1.65 bits per heavy atom. The number of benzene rings is 3. The lowest BCUT2D eigenvalue weighted by molar-refractivity contribution is 0.0927. The van der Waals surface area contributed by atoms with Gasteiger partial charge in [0.1, 0.15) is 0 Å². The van der Waals surface area contributed by atoms with Crippen molar-refractivity contribution in [1.29, 1.82) is 0 Å². The predicted octanol–water partition coefficient (Wildman–Crippen LogP) is 4.25. The number of hydrogen-bond acceptors (Lipinski definition) is 3. The van der Waals surface area contributed by atoms with Gasteiger partial charge in [-0.1, -0.05) is 72.8 Å². The first-order valence-electron chi connectivity index (χ1n) is 10.6. The highest BCUT2D eigenvalue weighted by Crippen LogP contribution is 2.29. The average molecular weight is 409 g/mol. The van der Waals surface area contributed by atoms with E-state index < -0.39 is 0 Å². The molecule has 3 aromatic carbocycles. The lowest BCUT2D eigenvalue weighted by atomic mass is 9.87. The van der Waals surface area contributed by atoms with Crippen molar-refractivity contribution >= 4 is 16.7 Å². The minimum atomic E-state index is -0.250. The van der Waals surface area contributed by atoms with Crippen LogP contribution in [0.25, 0.3) is 10.8 Å². The number of aromatic nitrogens is 2. The second-order valence-electron chi connectivity index (χ2n) is 7.96. The molecule has 1 amide bonds. The zero-order valence-electron chi connectivity index (χ0n) is 17.1. The van der Waals surface area contributed by atoms with E-state index >= 15 is 0 Å². The van der Waals surface area contributed by atoms with Crippen molar-refractivity contribution in [2.75, 3.05) is 0 Å². The number of hydrogen-bond donors (Lipinski definition) is 1. The Kier molecular flexibility index (Phi) is 5.08. The molecule has 31 heavy (non-hydrogen) atoms. The van der Waals surface area contributed by atoms with E-state index in [9.17, 15) is 9.59 Å². The molecule has 154 valence electrons. The molecule has 0 spiro atoms. The van der Waals surface area contributed by atoms with Crippen molar-refractivity contribution in [3.8, 4) is 0 Å². The van der Waals surface area contributed by atoms with Crippen LogP contribution in [0.15, 0.2) is 83.7 Å². The molecule has 1 heterocycles. The first kappa shape index (κ1) is 19.2. The molecule has 0 saturated carbocycles. The largest absolute Gasteiger partial charge is 0.344 e. The lowest BCUT2D eigenvalue weighted by Gasteiger charge is -2.26. The average Bonchev–Trinajstić information content (AvgIpc) is 2.82. The molecule has 0 aliphatic heterocycles. The highest BCUT2D eigenvalue weighted by Gasteiger charge is 2.24. The van der Waals surface area contributed by atoms with Crippen LogP contribution in [0, 0.1) is 0 Å². The van der Waals surface area contributed by atoms with Crippen LogP contribution in [-0.2, 0) is 13.0 Å². The molecular formula is C26H23N3O2. The number of aryl methyl sites for hydroxylation is 1. The molecule has 0 radical (unpaired) electrons. The molecule has 0 unspecified atom stereocenters. The molecule has 5 nitrogen and oxygen atoms in total. The number of amides is 1. The Bertz CT molecular complexity index is 1310. The van der Waals surface area contributed by atoms with Gasteiger partial charge in [0.2, 0.25) is 0 Å². The van der Waals surface area contributed by atoms with Crippen LogP contribution in [-0.4, -0.2) is 15.7 Å². The first-order chi connectivity index (χ1) is 15.2. The third-order valence-electron chi connectivity index (χ3n) is 5.93. The highest BCUT2D eigenvalue weighted by atomic mass is 16.2. The van der Waals surface area contributed by atoms with Gasteiger partial charge < -0.3 is 5.32 Å². The van der Waals surface area contributed by atoms with E-state index in [2.05, 4.69) is 22.5 Å². The molecule has 1 aromatic heterocycles.